The van der Waals surface area contributed by atoms with Crippen molar-refractivity contribution in [3.8, 4) is 0 Å². The third kappa shape index (κ3) is 2.16. The topological polar surface area (TPSA) is 31.2 Å². The minimum atomic E-state index is -0.147. The molecule has 0 atom stereocenters. The van der Waals surface area contributed by atoms with E-state index in [1.54, 1.807) is 0 Å². The summed E-state index contributed by atoms with van der Waals surface area (Å²) >= 11 is 3.72. The number of nitrogens with zero attached hydrogens (tertiary/aromatic N) is 1. The number of carbonyl (C=O) groups is 1. The third-order valence-corrected chi connectivity index (χ3v) is 5.15. The standard InChI is InChI=1S/C16H18BrNO2/c1-10-15(17)13-9-11(5-6-14(19)20-2)8-12-4-3-7-18(10)16(12)13/h8-9H,3-7H2,1-2H3. The molecular formula is C16H18BrNO2. The van der Waals surface area contributed by atoms with Crippen molar-refractivity contribution >= 4 is 32.8 Å². The highest BCUT2D eigenvalue weighted by molar-refractivity contribution is 9.10. The van der Waals surface area contributed by atoms with Crippen LogP contribution in [0, 0.1) is 6.92 Å². The van der Waals surface area contributed by atoms with Crippen molar-refractivity contribution in [2.45, 2.75) is 39.2 Å². The van der Waals surface area contributed by atoms with Crippen LogP contribution in [-0.2, 0) is 28.9 Å². The SMILES string of the molecule is COC(=O)CCc1cc2c3c(c1)c(Br)c(C)n3CCC2. The molecule has 1 aromatic carbocycles. The average Bonchev–Trinajstić information content (AvgIpc) is 2.72. The lowest BCUT2D eigenvalue weighted by Crippen LogP contribution is -2.09. The lowest BCUT2D eigenvalue weighted by Gasteiger charge is -2.18. The second-order valence-corrected chi connectivity index (χ2v) is 6.17. The van der Waals surface area contributed by atoms with Gasteiger partial charge >= 0.3 is 5.97 Å². The van der Waals surface area contributed by atoms with Crippen molar-refractivity contribution in [2.75, 3.05) is 7.11 Å². The molecule has 0 amide bonds. The zero-order valence-corrected chi connectivity index (χ0v) is 13.4. The molecule has 3 nitrogen and oxygen atoms in total. The minimum absolute atomic E-state index is 0.147. The maximum Gasteiger partial charge on any atom is 0.305 e. The Morgan fingerprint density at radius 2 is 2.25 bits per heavy atom. The van der Waals surface area contributed by atoms with Crippen LogP contribution in [0.2, 0.25) is 0 Å². The number of benzene rings is 1. The van der Waals surface area contributed by atoms with Gasteiger partial charge in [-0.2, -0.15) is 0 Å². The number of methoxy groups -OCH3 is 1. The van der Waals surface area contributed by atoms with E-state index in [0.29, 0.717) is 6.42 Å². The molecule has 2 aromatic rings. The molecule has 0 unspecified atom stereocenters. The summed E-state index contributed by atoms with van der Waals surface area (Å²) in [6.45, 7) is 3.26. The summed E-state index contributed by atoms with van der Waals surface area (Å²) in [5.41, 5.74) is 5.29. The zero-order valence-electron chi connectivity index (χ0n) is 11.8. The first-order valence-electron chi connectivity index (χ1n) is 6.98. The van der Waals surface area contributed by atoms with E-state index in [1.165, 1.54) is 45.7 Å². The lowest BCUT2D eigenvalue weighted by molar-refractivity contribution is -0.140. The predicted octanol–water partition coefficient (Wildman–Crippen LogP) is 3.76. The number of aryl methyl sites for hydroxylation is 3. The Morgan fingerprint density at radius 3 is 3.00 bits per heavy atom. The lowest BCUT2D eigenvalue weighted by atomic mass is 9.98. The van der Waals surface area contributed by atoms with E-state index in [-0.39, 0.29) is 5.97 Å². The number of ether oxygens (including phenoxy) is 1. The molecule has 0 fully saturated rings. The number of rotatable bonds is 3. The van der Waals surface area contributed by atoms with Crippen LogP contribution in [0.25, 0.3) is 10.9 Å². The molecule has 0 spiro atoms. The van der Waals surface area contributed by atoms with Crippen LogP contribution < -0.4 is 0 Å². The number of esters is 1. The molecule has 0 N–H and O–H groups in total. The molecule has 20 heavy (non-hydrogen) atoms. The molecule has 0 radical (unpaired) electrons. The maximum absolute atomic E-state index is 11.3. The molecule has 4 heteroatoms. The van der Waals surface area contributed by atoms with E-state index in [2.05, 4.69) is 39.6 Å². The van der Waals surface area contributed by atoms with Crippen molar-refractivity contribution in [2.24, 2.45) is 0 Å². The van der Waals surface area contributed by atoms with Gasteiger partial charge in [0.25, 0.3) is 0 Å². The molecule has 3 rings (SSSR count). The van der Waals surface area contributed by atoms with E-state index in [0.717, 1.165) is 19.4 Å². The van der Waals surface area contributed by atoms with Crippen LogP contribution in [0.5, 0.6) is 0 Å². The Labute approximate surface area is 127 Å². The summed E-state index contributed by atoms with van der Waals surface area (Å²) in [5.74, 6) is -0.147. The Bertz CT molecular complexity index is 688. The van der Waals surface area contributed by atoms with E-state index in [4.69, 9.17) is 4.74 Å². The summed E-state index contributed by atoms with van der Waals surface area (Å²) in [6.07, 6.45) is 3.49. The smallest absolute Gasteiger partial charge is 0.305 e. The summed E-state index contributed by atoms with van der Waals surface area (Å²) in [7, 11) is 1.44. The summed E-state index contributed by atoms with van der Waals surface area (Å²) < 4.78 is 8.32. The fraction of sp³-hybridized carbons (Fsp3) is 0.438. The Morgan fingerprint density at radius 1 is 1.45 bits per heavy atom. The van der Waals surface area contributed by atoms with E-state index >= 15 is 0 Å². The monoisotopic (exact) mass is 335 g/mol. The largest absolute Gasteiger partial charge is 0.469 e. The first kappa shape index (κ1) is 13.7. The van der Waals surface area contributed by atoms with Crippen molar-refractivity contribution < 1.29 is 9.53 Å². The third-order valence-electron chi connectivity index (χ3n) is 4.15. The summed E-state index contributed by atoms with van der Waals surface area (Å²) in [6, 6.07) is 4.47. The average molecular weight is 336 g/mol. The Hall–Kier alpha value is -1.29. The number of halogens is 1. The van der Waals surface area contributed by atoms with Gasteiger partial charge in [-0.3, -0.25) is 4.79 Å². The molecule has 1 aliphatic heterocycles. The highest BCUT2D eigenvalue weighted by atomic mass is 79.9. The zero-order chi connectivity index (χ0) is 14.3. The van der Waals surface area contributed by atoms with Gasteiger partial charge in [0.15, 0.2) is 0 Å². The maximum atomic E-state index is 11.3. The van der Waals surface area contributed by atoms with Gasteiger partial charge in [-0.15, -0.1) is 0 Å². The molecule has 106 valence electrons. The van der Waals surface area contributed by atoms with Gasteiger partial charge in [-0.1, -0.05) is 6.07 Å². The minimum Gasteiger partial charge on any atom is -0.469 e. The van der Waals surface area contributed by atoms with Crippen LogP contribution in [0.3, 0.4) is 0 Å². The van der Waals surface area contributed by atoms with Crippen LogP contribution in [-0.4, -0.2) is 17.6 Å². The number of hydrogen-bond acceptors (Lipinski definition) is 2. The molecule has 2 heterocycles. The number of hydrogen-bond donors (Lipinski definition) is 0. The van der Waals surface area contributed by atoms with Gasteiger partial charge in [-0.05, 0) is 59.3 Å². The van der Waals surface area contributed by atoms with Gasteiger partial charge in [0.2, 0.25) is 0 Å². The van der Waals surface area contributed by atoms with Crippen molar-refractivity contribution in [3.63, 3.8) is 0 Å². The summed E-state index contributed by atoms with van der Waals surface area (Å²) in [4.78, 5) is 11.3. The fourth-order valence-electron chi connectivity index (χ4n) is 3.12. The van der Waals surface area contributed by atoms with Crippen molar-refractivity contribution in [1.29, 1.82) is 0 Å². The highest BCUT2D eigenvalue weighted by Crippen LogP contribution is 2.36. The molecule has 0 saturated heterocycles. The second-order valence-electron chi connectivity index (χ2n) is 5.38. The van der Waals surface area contributed by atoms with Gasteiger partial charge in [0.1, 0.15) is 0 Å². The molecule has 0 aliphatic carbocycles. The van der Waals surface area contributed by atoms with Crippen LogP contribution in [0.15, 0.2) is 16.6 Å². The van der Waals surface area contributed by atoms with Gasteiger partial charge in [-0.25, -0.2) is 0 Å². The molecule has 0 bridgehead atoms. The van der Waals surface area contributed by atoms with Crippen molar-refractivity contribution in [1.82, 2.24) is 4.57 Å². The molecule has 1 aliphatic rings. The molecule has 1 aromatic heterocycles. The van der Waals surface area contributed by atoms with Crippen LogP contribution in [0.4, 0.5) is 0 Å². The van der Waals surface area contributed by atoms with Gasteiger partial charge in [0.05, 0.1) is 12.6 Å². The highest BCUT2D eigenvalue weighted by Gasteiger charge is 2.19. The van der Waals surface area contributed by atoms with E-state index < -0.39 is 0 Å². The van der Waals surface area contributed by atoms with Crippen molar-refractivity contribution in [3.05, 3.63) is 33.4 Å². The molecule has 0 saturated carbocycles. The number of carbonyl (C=O) groups excluding carboxylic acids is 1. The number of aromatic nitrogens is 1. The Kier molecular flexibility index (Phi) is 3.59. The molecular weight excluding hydrogens is 318 g/mol. The summed E-state index contributed by atoms with van der Waals surface area (Å²) in [5, 5.41) is 1.28. The predicted molar refractivity (Wildman–Crippen MR) is 83.0 cm³/mol. The second kappa shape index (κ2) is 5.24. The van der Waals surface area contributed by atoms with E-state index in [9.17, 15) is 4.79 Å². The Balaban J connectivity index is 2.05. The normalized spacial score (nSPS) is 13.8. The quantitative estimate of drug-likeness (QED) is 0.799. The van der Waals surface area contributed by atoms with Crippen LogP contribution in [0.1, 0.15) is 29.7 Å². The van der Waals surface area contributed by atoms with Gasteiger partial charge in [0, 0.05) is 28.5 Å². The first-order valence-corrected chi connectivity index (χ1v) is 7.78. The first-order chi connectivity index (χ1) is 9.61. The van der Waals surface area contributed by atoms with Gasteiger partial charge < -0.3 is 9.30 Å². The van der Waals surface area contributed by atoms with Crippen LogP contribution >= 0.6 is 15.9 Å². The van der Waals surface area contributed by atoms with E-state index in [1.807, 2.05) is 0 Å². The fourth-order valence-corrected chi connectivity index (χ4v) is 3.63.